The highest BCUT2D eigenvalue weighted by Crippen LogP contribution is 2.10. The Morgan fingerprint density at radius 2 is 2.00 bits per heavy atom. The molecule has 0 aliphatic heterocycles. The molecular weight excluding hydrogens is 204 g/mol. The second-order valence-electron chi connectivity index (χ2n) is 4.10. The number of hydrogen-bond donors (Lipinski definition) is 2. The summed E-state index contributed by atoms with van der Waals surface area (Å²) >= 11 is 0. The van der Waals surface area contributed by atoms with Gasteiger partial charge in [-0.15, -0.1) is 0 Å². The van der Waals surface area contributed by atoms with E-state index < -0.39 is 5.97 Å². The maximum Gasteiger partial charge on any atom is 0.317 e. The van der Waals surface area contributed by atoms with Crippen molar-refractivity contribution in [1.82, 2.24) is 4.90 Å². The number of likely N-dealkylation sites (N-methyl/N-ethyl adjacent to an activating group) is 1. The molecule has 1 aromatic rings. The Morgan fingerprint density at radius 1 is 1.44 bits per heavy atom. The van der Waals surface area contributed by atoms with Crippen LogP contribution in [0.4, 0.5) is 5.69 Å². The van der Waals surface area contributed by atoms with Gasteiger partial charge in [0.15, 0.2) is 0 Å². The third-order valence-corrected chi connectivity index (χ3v) is 2.65. The summed E-state index contributed by atoms with van der Waals surface area (Å²) in [5.41, 5.74) is 7.51. The van der Waals surface area contributed by atoms with E-state index in [0.717, 1.165) is 12.1 Å². The van der Waals surface area contributed by atoms with Gasteiger partial charge in [-0.1, -0.05) is 12.1 Å². The lowest BCUT2D eigenvalue weighted by Crippen LogP contribution is -2.35. The number of nitrogens with zero attached hydrogens (tertiary/aromatic N) is 1. The van der Waals surface area contributed by atoms with Gasteiger partial charge in [-0.2, -0.15) is 0 Å². The van der Waals surface area contributed by atoms with Crippen LogP contribution >= 0.6 is 0 Å². The number of carboxylic acid groups (broad SMARTS) is 1. The first-order valence-corrected chi connectivity index (χ1v) is 5.25. The van der Waals surface area contributed by atoms with Gasteiger partial charge in [0.25, 0.3) is 0 Å². The van der Waals surface area contributed by atoms with Gasteiger partial charge in [0.05, 0.1) is 6.54 Å². The maximum absolute atomic E-state index is 10.6. The van der Waals surface area contributed by atoms with E-state index in [1.807, 2.05) is 43.1 Å². The molecule has 16 heavy (non-hydrogen) atoms. The zero-order chi connectivity index (χ0) is 12.1. The van der Waals surface area contributed by atoms with Gasteiger partial charge in [0, 0.05) is 11.7 Å². The van der Waals surface area contributed by atoms with E-state index in [0.29, 0.717) is 0 Å². The predicted molar refractivity (Wildman–Crippen MR) is 64.3 cm³/mol. The number of anilines is 1. The number of carboxylic acids is 1. The molecule has 1 unspecified atom stereocenters. The summed E-state index contributed by atoms with van der Waals surface area (Å²) in [6, 6.07) is 7.86. The Bertz CT molecular complexity index is 349. The quantitative estimate of drug-likeness (QED) is 0.735. The van der Waals surface area contributed by atoms with Gasteiger partial charge in [0.2, 0.25) is 0 Å². The number of nitrogen functional groups attached to an aromatic ring is 1. The first kappa shape index (κ1) is 12.5. The molecule has 3 N–H and O–H groups in total. The van der Waals surface area contributed by atoms with Gasteiger partial charge < -0.3 is 10.8 Å². The molecule has 0 amide bonds. The molecule has 4 nitrogen and oxygen atoms in total. The van der Waals surface area contributed by atoms with Gasteiger partial charge in [-0.3, -0.25) is 9.69 Å². The van der Waals surface area contributed by atoms with Crippen LogP contribution in [0.1, 0.15) is 12.5 Å². The Balaban J connectivity index is 2.53. The molecular formula is C12H18N2O2. The normalized spacial score (nSPS) is 12.7. The monoisotopic (exact) mass is 222 g/mol. The Morgan fingerprint density at radius 3 is 2.50 bits per heavy atom. The lowest BCUT2D eigenvalue weighted by molar-refractivity contribution is -0.138. The molecule has 88 valence electrons. The molecule has 0 saturated heterocycles. The molecule has 0 aromatic heterocycles. The van der Waals surface area contributed by atoms with Crippen LogP contribution in [0.3, 0.4) is 0 Å². The average molecular weight is 222 g/mol. The van der Waals surface area contributed by atoms with Gasteiger partial charge >= 0.3 is 5.97 Å². The van der Waals surface area contributed by atoms with Crippen molar-refractivity contribution >= 4 is 11.7 Å². The van der Waals surface area contributed by atoms with Crippen LogP contribution < -0.4 is 5.73 Å². The molecule has 0 heterocycles. The molecule has 0 spiro atoms. The van der Waals surface area contributed by atoms with Crippen molar-refractivity contribution in [3.05, 3.63) is 29.8 Å². The topological polar surface area (TPSA) is 66.6 Å². The third kappa shape index (κ3) is 3.90. The number of benzene rings is 1. The molecule has 0 fully saturated rings. The van der Waals surface area contributed by atoms with Crippen LogP contribution in [0.5, 0.6) is 0 Å². The van der Waals surface area contributed by atoms with Gasteiger partial charge in [-0.25, -0.2) is 0 Å². The Hall–Kier alpha value is -1.55. The minimum absolute atomic E-state index is 0.0656. The van der Waals surface area contributed by atoms with Crippen molar-refractivity contribution in [2.24, 2.45) is 0 Å². The maximum atomic E-state index is 10.6. The SMILES string of the molecule is CC(Cc1ccc(N)cc1)N(C)CC(=O)O. The van der Waals surface area contributed by atoms with Gasteiger partial charge in [0.1, 0.15) is 0 Å². The third-order valence-electron chi connectivity index (χ3n) is 2.65. The van der Waals surface area contributed by atoms with Crippen molar-refractivity contribution in [1.29, 1.82) is 0 Å². The van der Waals surface area contributed by atoms with Crippen molar-refractivity contribution in [2.75, 3.05) is 19.3 Å². The Labute approximate surface area is 95.7 Å². The molecule has 1 atom stereocenters. The molecule has 0 aliphatic carbocycles. The van der Waals surface area contributed by atoms with Crippen molar-refractivity contribution in [3.63, 3.8) is 0 Å². The van der Waals surface area contributed by atoms with Crippen molar-refractivity contribution in [3.8, 4) is 0 Å². The van der Waals surface area contributed by atoms with Crippen LogP contribution in [-0.4, -0.2) is 35.6 Å². The van der Waals surface area contributed by atoms with Crippen LogP contribution in [0.15, 0.2) is 24.3 Å². The molecule has 0 aliphatic rings. The van der Waals surface area contributed by atoms with E-state index in [-0.39, 0.29) is 12.6 Å². The van der Waals surface area contributed by atoms with E-state index >= 15 is 0 Å². The minimum atomic E-state index is -0.799. The standard InChI is InChI=1S/C12H18N2O2/c1-9(14(2)8-12(15)16)7-10-3-5-11(13)6-4-10/h3-6,9H,7-8,13H2,1-2H3,(H,15,16). The summed E-state index contributed by atoms with van der Waals surface area (Å²) in [5, 5.41) is 8.68. The first-order valence-electron chi connectivity index (χ1n) is 5.25. The second kappa shape index (κ2) is 5.51. The van der Waals surface area contributed by atoms with Crippen LogP contribution in [-0.2, 0) is 11.2 Å². The summed E-state index contributed by atoms with van der Waals surface area (Å²) in [6.07, 6.45) is 0.823. The molecule has 4 heteroatoms. The second-order valence-corrected chi connectivity index (χ2v) is 4.10. The van der Waals surface area contributed by atoms with E-state index in [1.165, 1.54) is 5.56 Å². The number of carbonyl (C=O) groups is 1. The van der Waals surface area contributed by atoms with Crippen molar-refractivity contribution < 1.29 is 9.90 Å². The van der Waals surface area contributed by atoms with Crippen molar-refractivity contribution in [2.45, 2.75) is 19.4 Å². The molecule has 0 bridgehead atoms. The summed E-state index contributed by atoms with van der Waals surface area (Å²) in [7, 11) is 1.82. The van der Waals surface area contributed by atoms with Crippen LogP contribution in [0, 0.1) is 0 Å². The van der Waals surface area contributed by atoms with E-state index in [4.69, 9.17) is 10.8 Å². The highest BCUT2D eigenvalue weighted by atomic mass is 16.4. The molecule has 1 aromatic carbocycles. The Kier molecular flexibility index (Phi) is 4.31. The number of aliphatic carboxylic acids is 1. The zero-order valence-electron chi connectivity index (χ0n) is 9.68. The molecule has 0 radical (unpaired) electrons. The number of rotatable bonds is 5. The fourth-order valence-corrected chi connectivity index (χ4v) is 1.52. The van der Waals surface area contributed by atoms with E-state index in [1.54, 1.807) is 0 Å². The van der Waals surface area contributed by atoms with Crippen LogP contribution in [0.2, 0.25) is 0 Å². The number of hydrogen-bond acceptors (Lipinski definition) is 3. The first-order chi connectivity index (χ1) is 7.49. The highest BCUT2D eigenvalue weighted by molar-refractivity contribution is 5.69. The number of nitrogens with two attached hydrogens (primary N) is 1. The lowest BCUT2D eigenvalue weighted by atomic mass is 10.1. The van der Waals surface area contributed by atoms with Gasteiger partial charge in [-0.05, 0) is 38.1 Å². The fraction of sp³-hybridized carbons (Fsp3) is 0.417. The summed E-state index contributed by atoms with van der Waals surface area (Å²) in [6.45, 7) is 2.08. The fourth-order valence-electron chi connectivity index (χ4n) is 1.52. The van der Waals surface area contributed by atoms with E-state index in [2.05, 4.69) is 0 Å². The highest BCUT2D eigenvalue weighted by Gasteiger charge is 2.12. The lowest BCUT2D eigenvalue weighted by Gasteiger charge is -2.22. The molecule has 1 rings (SSSR count). The van der Waals surface area contributed by atoms with Crippen LogP contribution in [0.25, 0.3) is 0 Å². The minimum Gasteiger partial charge on any atom is -0.480 e. The average Bonchev–Trinajstić information content (AvgIpc) is 2.20. The summed E-state index contributed by atoms with van der Waals surface area (Å²) in [5.74, 6) is -0.799. The predicted octanol–water partition coefficient (Wildman–Crippen LogP) is 1.22. The smallest absolute Gasteiger partial charge is 0.317 e. The largest absolute Gasteiger partial charge is 0.480 e. The zero-order valence-corrected chi connectivity index (χ0v) is 9.68. The summed E-state index contributed by atoms with van der Waals surface area (Å²) in [4.78, 5) is 12.4. The summed E-state index contributed by atoms with van der Waals surface area (Å²) < 4.78 is 0. The van der Waals surface area contributed by atoms with E-state index in [9.17, 15) is 4.79 Å². The molecule has 0 saturated carbocycles.